The summed E-state index contributed by atoms with van der Waals surface area (Å²) in [6.45, 7) is 4.66. The van der Waals surface area contributed by atoms with Crippen LogP contribution >= 0.6 is 0 Å². The summed E-state index contributed by atoms with van der Waals surface area (Å²) < 4.78 is 7.24. The summed E-state index contributed by atoms with van der Waals surface area (Å²) in [5.41, 5.74) is 1.28. The van der Waals surface area contributed by atoms with Crippen LogP contribution in [0.4, 0.5) is 0 Å². The number of ether oxygens (including phenoxy) is 1. The first-order valence-corrected chi connectivity index (χ1v) is 5.77. The summed E-state index contributed by atoms with van der Waals surface area (Å²) in [4.78, 5) is 0. The van der Waals surface area contributed by atoms with Crippen molar-refractivity contribution in [2.75, 3.05) is 6.61 Å². The molecule has 0 bridgehead atoms. The van der Waals surface area contributed by atoms with Crippen molar-refractivity contribution in [1.82, 2.24) is 9.78 Å². The van der Waals surface area contributed by atoms with Gasteiger partial charge in [0.15, 0.2) is 0 Å². The molecule has 0 amide bonds. The minimum Gasteiger partial charge on any atom is -0.477 e. The van der Waals surface area contributed by atoms with Crippen LogP contribution in [0.5, 0.6) is 5.88 Å². The van der Waals surface area contributed by atoms with E-state index in [-0.39, 0.29) is 0 Å². The lowest BCUT2D eigenvalue weighted by Crippen LogP contribution is -2.03. The molecule has 4 heteroatoms. The number of nitriles is 1. The van der Waals surface area contributed by atoms with E-state index in [9.17, 15) is 0 Å². The molecular formula is C12H19N3O. The van der Waals surface area contributed by atoms with Crippen molar-refractivity contribution >= 4 is 0 Å². The van der Waals surface area contributed by atoms with Crippen molar-refractivity contribution in [2.24, 2.45) is 7.05 Å². The molecule has 0 aromatic carbocycles. The van der Waals surface area contributed by atoms with Gasteiger partial charge in [0.25, 0.3) is 0 Å². The molecule has 0 aliphatic carbocycles. The van der Waals surface area contributed by atoms with Gasteiger partial charge in [-0.1, -0.05) is 26.2 Å². The second kappa shape index (κ2) is 6.16. The van der Waals surface area contributed by atoms with Crippen molar-refractivity contribution in [1.29, 1.82) is 5.26 Å². The predicted molar refractivity (Wildman–Crippen MR) is 62.3 cm³/mol. The predicted octanol–water partition coefficient (Wildman–Crippen LogP) is 2.56. The van der Waals surface area contributed by atoms with Crippen LogP contribution in [0.1, 0.15) is 43.9 Å². The van der Waals surface area contributed by atoms with Crippen molar-refractivity contribution in [3.63, 3.8) is 0 Å². The average Bonchev–Trinajstić information content (AvgIpc) is 2.53. The first kappa shape index (κ1) is 12.6. The Morgan fingerprint density at radius 2 is 2.12 bits per heavy atom. The van der Waals surface area contributed by atoms with Crippen LogP contribution in [0, 0.1) is 18.3 Å². The van der Waals surface area contributed by atoms with Gasteiger partial charge in [-0.3, -0.25) is 0 Å². The minimum atomic E-state index is 0.554. The second-order valence-electron chi connectivity index (χ2n) is 3.91. The van der Waals surface area contributed by atoms with E-state index in [0.717, 1.165) is 12.1 Å². The van der Waals surface area contributed by atoms with E-state index in [2.05, 4.69) is 18.1 Å². The highest BCUT2D eigenvalue weighted by Crippen LogP contribution is 2.20. The van der Waals surface area contributed by atoms with Crippen LogP contribution < -0.4 is 4.74 Å². The minimum absolute atomic E-state index is 0.554. The van der Waals surface area contributed by atoms with Crippen LogP contribution in [0.25, 0.3) is 0 Å². The second-order valence-corrected chi connectivity index (χ2v) is 3.91. The van der Waals surface area contributed by atoms with Gasteiger partial charge in [0.05, 0.1) is 12.3 Å². The molecular weight excluding hydrogens is 202 g/mol. The molecule has 1 aromatic rings. The van der Waals surface area contributed by atoms with Crippen LogP contribution in [0.15, 0.2) is 0 Å². The molecule has 16 heavy (non-hydrogen) atoms. The Bertz CT molecular complexity index is 376. The van der Waals surface area contributed by atoms with Gasteiger partial charge >= 0.3 is 0 Å². The molecule has 0 atom stereocenters. The van der Waals surface area contributed by atoms with Gasteiger partial charge in [-0.15, -0.1) is 0 Å². The number of rotatable bonds is 6. The Hall–Kier alpha value is -1.50. The zero-order chi connectivity index (χ0) is 12.0. The molecule has 0 saturated carbocycles. The first-order valence-electron chi connectivity index (χ1n) is 5.77. The lowest BCUT2D eigenvalue weighted by molar-refractivity contribution is 0.279. The number of aromatic nitrogens is 2. The lowest BCUT2D eigenvalue weighted by Gasteiger charge is -2.05. The van der Waals surface area contributed by atoms with E-state index in [0.29, 0.717) is 18.1 Å². The summed E-state index contributed by atoms with van der Waals surface area (Å²) >= 11 is 0. The van der Waals surface area contributed by atoms with Crippen molar-refractivity contribution < 1.29 is 4.74 Å². The molecule has 0 aliphatic rings. The highest BCUT2D eigenvalue weighted by Gasteiger charge is 2.13. The van der Waals surface area contributed by atoms with E-state index in [1.807, 2.05) is 6.92 Å². The van der Waals surface area contributed by atoms with Crippen molar-refractivity contribution in [2.45, 2.75) is 39.5 Å². The van der Waals surface area contributed by atoms with Crippen LogP contribution in [0.2, 0.25) is 0 Å². The zero-order valence-electron chi connectivity index (χ0n) is 10.3. The fourth-order valence-electron chi connectivity index (χ4n) is 1.63. The number of nitrogens with zero attached hydrogens (tertiary/aromatic N) is 3. The van der Waals surface area contributed by atoms with E-state index < -0.39 is 0 Å². The molecule has 1 heterocycles. The number of aryl methyl sites for hydroxylation is 2. The number of hydrogen-bond acceptors (Lipinski definition) is 3. The van der Waals surface area contributed by atoms with Gasteiger partial charge in [-0.2, -0.15) is 10.4 Å². The molecule has 1 rings (SSSR count). The molecule has 0 N–H and O–H groups in total. The maximum atomic E-state index is 8.97. The molecule has 88 valence electrons. The van der Waals surface area contributed by atoms with Gasteiger partial charge < -0.3 is 4.74 Å². The highest BCUT2D eigenvalue weighted by molar-refractivity contribution is 5.41. The monoisotopic (exact) mass is 221 g/mol. The fraction of sp³-hybridized carbons (Fsp3) is 0.667. The van der Waals surface area contributed by atoms with Gasteiger partial charge in [0.2, 0.25) is 5.88 Å². The smallest absolute Gasteiger partial charge is 0.230 e. The Morgan fingerprint density at radius 3 is 2.75 bits per heavy atom. The summed E-state index contributed by atoms with van der Waals surface area (Å²) in [5, 5.41) is 13.1. The third-order valence-corrected chi connectivity index (χ3v) is 2.52. The Balaban J connectivity index is 2.51. The summed E-state index contributed by atoms with van der Waals surface area (Å²) in [6, 6.07) is 2.13. The SMILES string of the molecule is CCCCCCOc1c(C#N)c(C)nn1C. The van der Waals surface area contributed by atoms with Crippen molar-refractivity contribution in [3.8, 4) is 11.9 Å². The average molecular weight is 221 g/mol. The maximum absolute atomic E-state index is 8.97. The lowest BCUT2D eigenvalue weighted by atomic mass is 10.2. The largest absolute Gasteiger partial charge is 0.477 e. The normalized spacial score (nSPS) is 10.1. The number of unbranched alkanes of at least 4 members (excludes halogenated alkanes) is 3. The molecule has 0 radical (unpaired) electrons. The van der Waals surface area contributed by atoms with Crippen molar-refractivity contribution in [3.05, 3.63) is 11.3 Å². The molecule has 0 saturated heterocycles. The fourth-order valence-corrected chi connectivity index (χ4v) is 1.63. The van der Waals surface area contributed by atoms with E-state index in [1.165, 1.54) is 19.3 Å². The molecule has 0 spiro atoms. The highest BCUT2D eigenvalue weighted by atomic mass is 16.5. The molecule has 4 nitrogen and oxygen atoms in total. The Morgan fingerprint density at radius 1 is 1.38 bits per heavy atom. The van der Waals surface area contributed by atoms with E-state index in [4.69, 9.17) is 10.00 Å². The zero-order valence-corrected chi connectivity index (χ0v) is 10.3. The first-order chi connectivity index (χ1) is 7.70. The number of hydrogen-bond donors (Lipinski definition) is 0. The molecule has 0 aliphatic heterocycles. The summed E-state index contributed by atoms with van der Waals surface area (Å²) in [7, 11) is 1.80. The molecule has 0 unspecified atom stereocenters. The van der Waals surface area contributed by atoms with E-state index in [1.54, 1.807) is 11.7 Å². The Kier molecular flexibility index (Phi) is 4.84. The quantitative estimate of drug-likeness (QED) is 0.694. The standard InChI is InChI=1S/C12H19N3O/c1-4-5-6-7-8-16-12-11(9-13)10(2)14-15(12)3/h4-8H2,1-3H3. The molecule has 0 fully saturated rings. The van der Waals surface area contributed by atoms with Crippen LogP contribution in [0.3, 0.4) is 0 Å². The maximum Gasteiger partial charge on any atom is 0.230 e. The topological polar surface area (TPSA) is 50.8 Å². The van der Waals surface area contributed by atoms with Crippen LogP contribution in [-0.2, 0) is 7.05 Å². The van der Waals surface area contributed by atoms with Gasteiger partial charge in [0.1, 0.15) is 11.6 Å². The Labute approximate surface area is 96.8 Å². The molecule has 1 aromatic heterocycles. The van der Waals surface area contributed by atoms with Gasteiger partial charge in [-0.25, -0.2) is 4.68 Å². The van der Waals surface area contributed by atoms with Crippen LogP contribution in [-0.4, -0.2) is 16.4 Å². The summed E-state index contributed by atoms with van der Waals surface area (Å²) in [6.07, 6.45) is 4.66. The third kappa shape index (κ3) is 2.99. The van der Waals surface area contributed by atoms with E-state index >= 15 is 0 Å². The van der Waals surface area contributed by atoms with Gasteiger partial charge in [-0.05, 0) is 13.3 Å². The van der Waals surface area contributed by atoms with Gasteiger partial charge in [0, 0.05) is 7.05 Å². The third-order valence-electron chi connectivity index (χ3n) is 2.52. The summed E-state index contributed by atoms with van der Waals surface area (Å²) in [5.74, 6) is 0.594.